The number of rotatable bonds is 5. The number of carbonyl (C=O) groups excluding carboxylic acids is 1. The van der Waals surface area contributed by atoms with Crippen LogP contribution in [-0.4, -0.2) is 35.5 Å². The molecule has 0 bridgehead atoms. The normalized spacial score (nSPS) is 16.6. The van der Waals surface area contributed by atoms with Crippen LogP contribution in [0.25, 0.3) is 0 Å². The van der Waals surface area contributed by atoms with Crippen LogP contribution in [0.3, 0.4) is 0 Å². The molecule has 1 atom stereocenters. The first-order chi connectivity index (χ1) is 13.8. The summed E-state index contributed by atoms with van der Waals surface area (Å²) in [5.41, 5.74) is 2.85. The number of aromatic nitrogens is 2. The van der Waals surface area contributed by atoms with Gasteiger partial charge in [-0.15, -0.1) is 0 Å². The third kappa shape index (κ3) is 4.35. The van der Waals surface area contributed by atoms with Crippen LogP contribution < -0.4 is 15.5 Å². The number of pyridine rings is 2. The Kier molecular flexibility index (Phi) is 5.58. The molecule has 2 N–H and O–H groups in total. The van der Waals surface area contributed by atoms with Crippen LogP contribution in [0.4, 0.5) is 5.82 Å². The number of hydrogen-bond donors (Lipinski definition) is 2. The van der Waals surface area contributed by atoms with E-state index in [9.17, 15) is 4.79 Å². The lowest BCUT2D eigenvalue weighted by atomic mass is 10.0. The average Bonchev–Trinajstić information content (AvgIpc) is 2.79. The highest BCUT2D eigenvalue weighted by Gasteiger charge is 2.22. The molecule has 142 valence electrons. The van der Waals surface area contributed by atoms with Gasteiger partial charge in [0, 0.05) is 56.4 Å². The fraction of sp³-hybridized carbons (Fsp3) is 0.227. The molecule has 0 radical (unpaired) electrons. The Labute approximate surface area is 164 Å². The molecule has 1 amide bonds. The smallest absolute Gasteiger partial charge is 0.251 e. The molecule has 6 nitrogen and oxygen atoms in total. The minimum Gasteiger partial charge on any atom is -0.353 e. The third-order valence-electron chi connectivity index (χ3n) is 4.88. The average molecular weight is 373 g/mol. The van der Waals surface area contributed by atoms with E-state index in [0.717, 1.165) is 31.0 Å². The molecule has 28 heavy (non-hydrogen) atoms. The number of amides is 1. The highest BCUT2D eigenvalue weighted by molar-refractivity contribution is 5.94. The van der Waals surface area contributed by atoms with Crippen LogP contribution in [-0.2, 0) is 6.54 Å². The van der Waals surface area contributed by atoms with Gasteiger partial charge in [-0.3, -0.25) is 9.78 Å². The Morgan fingerprint density at radius 2 is 2.04 bits per heavy atom. The summed E-state index contributed by atoms with van der Waals surface area (Å²) in [6.45, 7) is 3.00. The van der Waals surface area contributed by atoms with E-state index in [4.69, 9.17) is 0 Å². The summed E-state index contributed by atoms with van der Waals surface area (Å²) in [4.78, 5) is 23.3. The molecule has 3 heterocycles. The molecule has 0 unspecified atom stereocenters. The first-order valence-electron chi connectivity index (χ1n) is 9.46. The van der Waals surface area contributed by atoms with Crippen LogP contribution in [0.5, 0.6) is 0 Å². The minimum atomic E-state index is -0.109. The van der Waals surface area contributed by atoms with Gasteiger partial charge in [-0.1, -0.05) is 36.4 Å². The SMILES string of the molecule is O=C(NCc1cccnc1)c1ccnc(N2CCN[C@H](c3ccccc3)C2)c1. The molecule has 4 rings (SSSR count). The Morgan fingerprint density at radius 3 is 2.86 bits per heavy atom. The van der Waals surface area contributed by atoms with Crippen molar-refractivity contribution < 1.29 is 4.79 Å². The lowest BCUT2D eigenvalue weighted by Gasteiger charge is -2.34. The topological polar surface area (TPSA) is 70.2 Å². The predicted octanol–water partition coefficient (Wildman–Crippen LogP) is 2.56. The van der Waals surface area contributed by atoms with Crippen molar-refractivity contribution in [3.05, 3.63) is 89.9 Å². The second-order valence-electron chi connectivity index (χ2n) is 6.81. The zero-order valence-corrected chi connectivity index (χ0v) is 15.6. The zero-order chi connectivity index (χ0) is 19.2. The molecule has 1 aliphatic rings. The molecule has 6 heteroatoms. The summed E-state index contributed by atoms with van der Waals surface area (Å²) in [6.07, 6.45) is 5.17. The van der Waals surface area contributed by atoms with Gasteiger partial charge in [0.1, 0.15) is 5.82 Å². The molecule has 2 aromatic heterocycles. The van der Waals surface area contributed by atoms with Crippen LogP contribution in [0.15, 0.2) is 73.2 Å². The van der Waals surface area contributed by atoms with Crippen molar-refractivity contribution >= 4 is 11.7 Å². The number of carbonyl (C=O) groups is 1. The largest absolute Gasteiger partial charge is 0.353 e. The van der Waals surface area contributed by atoms with Crippen LogP contribution >= 0.6 is 0 Å². The fourth-order valence-corrected chi connectivity index (χ4v) is 3.39. The van der Waals surface area contributed by atoms with E-state index in [-0.39, 0.29) is 11.9 Å². The Bertz CT molecular complexity index is 916. The molecule has 0 spiro atoms. The van der Waals surface area contributed by atoms with Gasteiger partial charge in [0.05, 0.1) is 0 Å². The molecule has 1 aliphatic heterocycles. The predicted molar refractivity (Wildman–Crippen MR) is 109 cm³/mol. The van der Waals surface area contributed by atoms with E-state index in [0.29, 0.717) is 12.1 Å². The van der Waals surface area contributed by atoms with Gasteiger partial charge < -0.3 is 15.5 Å². The zero-order valence-electron chi connectivity index (χ0n) is 15.6. The van der Waals surface area contributed by atoms with Crippen LogP contribution in [0.2, 0.25) is 0 Å². The van der Waals surface area contributed by atoms with E-state index in [1.807, 2.05) is 24.3 Å². The second kappa shape index (κ2) is 8.63. The van der Waals surface area contributed by atoms with E-state index in [1.54, 1.807) is 24.7 Å². The van der Waals surface area contributed by atoms with Crippen molar-refractivity contribution in [1.29, 1.82) is 0 Å². The summed E-state index contributed by atoms with van der Waals surface area (Å²) < 4.78 is 0. The first-order valence-corrected chi connectivity index (χ1v) is 9.46. The number of nitrogens with one attached hydrogen (secondary N) is 2. The fourth-order valence-electron chi connectivity index (χ4n) is 3.39. The summed E-state index contributed by atoms with van der Waals surface area (Å²) in [7, 11) is 0. The van der Waals surface area contributed by atoms with Gasteiger partial charge in [-0.25, -0.2) is 4.98 Å². The second-order valence-corrected chi connectivity index (χ2v) is 6.81. The lowest BCUT2D eigenvalue weighted by molar-refractivity contribution is 0.0951. The summed E-state index contributed by atoms with van der Waals surface area (Å²) in [6, 6.07) is 18.1. The molecule has 1 fully saturated rings. The van der Waals surface area contributed by atoms with Crippen LogP contribution in [0, 0.1) is 0 Å². The number of hydrogen-bond acceptors (Lipinski definition) is 5. The molecule has 0 saturated carbocycles. The van der Waals surface area contributed by atoms with Crippen molar-refractivity contribution in [3.63, 3.8) is 0 Å². The molecule has 3 aromatic rings. The maximum atomic E-state index is 12.5. The van der Waals surface area contributed by atoms with Crippen molar-refractivity contribution in [1.82, 2.24) is 20.6 Å². The van der Waals surface area contributed by atoms with E-state index in [1.165, 1.54) is 5.56 Å². The van der Waals surface area contributed by atoms with Gasteiger partial charge in [0.15, 0.2) is 0 Å². The first kappa shape index (κ1) is 18.1. The number of piperazine rings is 1. The highest BCUT2D eigenvalue weighted by Crippen LogP contribution is 2.21. The Balaban J connectivity index is 1.43. The highest BCUT2D eigenvalue weighted by atomic mass is 16.1. The third-order valence-corrected chi connectivity index (χ3v) is 4.88. The molecule has 1 aromatic carbocycles. The van der Waals surface area contributed by atoms with Gasteiger partial charge in [0.25, 0.3) is 5.91 Å². The molecule has 1 saturated heterocycles. The number of anilines is 1. The summed E-state index contributed by atoms with van der Waals surface area (Å²) in [5.74, 6) is 0.721. The molecular formula is C22H23N5O. The Hall–Kier alpha value is -3.25. The molecular weight excluding hydrogens is 350 g/mol. The monoisotopic (exact) mass is 373 g/mol. The maximum absolute atomic E-state index is 12.5. The van der Waals surface area contributed by atoms with E-state index < -0.39 is 0 Å². The van der Waals surface area contributed by atoms with Gasteiger partial charge >= 0.3 is 0 Å². The van der Waals surface area contributed by atoms with Crippen molar-refractivity contribution in [2.75, 3.05) is 24.5 Å². The summed E-state index contributed by atoms with van der Waals surface area (Å²) >= 11 is 0. The van der Waals surface area contributed by atoms with Gasteiger partial charge in [-0.2, -0.15) is 0 Å². The number of nitrogens with zero attached hydrogens (tertiary/aromatic N) is 3. The quantitative estimate of drug-likeness (QED) is 0.719. The Morgan fingerprint density at radius 1 is 1.14 bits per heavy atom. The summed E-state index contributed by atoms with van der Waals surface area (Å²) in [5, 5.41) is 6.50. The van der Waals surface area contributed by atoms with Crippen LogP contribution in [0.1, 0.15) is 27.5 Å². The van der Waals surface area contributed by atoms with E-state index >= 15 is 0 Å². The van der Waals surface area contributed by atoms with Gasteiger partial charge in [0.2, 0.25) is 0 Å². The standard InChI is InChI=1S/C22H23N5O/c28-22(26-15-17-5-4-9-23-14-17)19-8-10-25-21(13-19)27-12-11-24-20(16-27)18-6-2-1-3-7-18/h1-10,13-14,20,24H,11-12,15-16H2,(H,26,28)/t20-/m0/s1. The molecule has 0 aliphatic carbocycles. The number of benzene rings is 1. The lowest BCUT2D eigenvalue weighted by Crippen LogP contribution is -2.46. The van der Waals surface area contributed by atoms with Crippen molar-refractivity contribution in [2.45, 2.75) is 12.6 Å². The van der Waals surface area contributed by atoms with Crippen molar-refractivity contribution in [3.8, 4) is 0 Å². The maximum Gasteiger partial charge on any atom is 0.251 e. The minimum absolute atomic E-state index is 0.109. The van der Waals surface area contributed by atoms with Gasteiger partial charge in [-0.05, 0) is 29.3 Å². The van der Waals surface area contributed by atoms with Crippen molar-refractivity contribution in [2.24, 2.45) is 0 Å². The van der Waals surface area contributed by atoms with E-state index in [2.05, 4.69) is 49.8 Å².